The molecule has 0 spiro atoms. The molecule has 4 heteroatoms. The van der Waals surface area contributed by atoms with Crippen molar-refractivity contribution >= 4 is 27.3 Å². The lowest BCUT2D eigenvalue weighted by molar-refractivity contribution is 0.289. The molecule has 1 N–H and O–H groups in total. The summed E-state index contributed by atoms with van der Waals surface area (Å²) >= 11 is 5.36. The highest BCUT2D eigenvalue weighted by molar-refractivity contribution is 9.11. The lowest BCUT2D eigenvalue weighted by Crippen LogP contribution is -2.28. The maximum Gasteiger partial charge on any atom is 0.0701 e. The van der Waals surface area contributed by atoms with E-state index in [1.54, 1.807) is 0 Å². The standard InChI is InChI=1S/C12H19BrN2S/c1-15(9-10-4-6-14-8-10)7-5-11-2-3-12(13)16-11/h2-3,10,14H,4-9H2,1H3. The average Bonchev–Trinajstić information content (AvgIpc) is 2.87. The molecule has 1 fully saturated rings. The first-order valence-corrected chi connectivity index (χ1v) is 7.48. The first-order valence-electron chi connectivity index (χ1n) is 5.87. The zero-order valence-corrected chi connectivity index (χ0v) is 12.1. The van der Waals surface area contributed by atoms with Gasteiger partial charge in [-0.2, -0.15) is 0 Å². The Labute approximate surface area is 110 Å². The third kappa shape index (κ3) is 3.84. The van der Waals surface area contributed by atoms with Gasteiger partial charge in [0.2, 0.25) is 0 Å². The van der Waals surface area contributed by atoms with Crippen LogP contribution in [0.25, 0.3) is 0 Å². The lowest BCUT2D eigenvalue weighted by Gasteiger charge is -2.19. The van der Waals surface area contributed by atoms with Crippen molar-refractivity contribution < 1.29 is 0 Å². The normalized spacial score (nSPS) is 20.8. The maximum atomic E-state index is 3.51. The van der Waals surface area contributed by atoms with Gasteiger partial charge in [-0.3, -0.25) is 0 Å². The van der Waals surface area contributed by atoms with Crippen LogP contribution in [-0.4, -0.2) is 38.1 Å². The number of nitrogens with one attached hydrogen (secondary N) is 1. The molecule has 0 bridgehead atoms. The van der Waals surface area contributed by atoms with Crippen molar-refractivity contribution in [1.29, 1.82) is 0 Å². The number of nitrogens with zero attached hydrogens (tertiary/aromatic N) is 1. The zero-order valence-electron chi connectivity index (χ0n) is 9.71. The number of thiophene rings is 1. The second-order valence-corrected chi connectivity index (χ2v) is 7.12. The van der Waals surface area contributed by atoms with E-state index in [0.29, 0.717) is 0 Å². The van der Waals surface area contributed by atoms with Gasteiger partial charge < -0.3 is 10.2 Å². The van der Waals surface area contributed by atoms with Gasteiger partial charge in [0.25, 0.3) is 0 Å². The molecule has 16 heavy (non-hydrogen) atoms. The topological polar surface area (TPSA) is 15.3 Å². The number of hydrogen-bond donors (Lipinski definition) is 1. The van der Waals surface area contributed by atoms with Crippen LogP contribution in [0.2, 0.25) is 0 Å². The third-order valence-corrected chi connectivity index (χ3v) is 4.78. The van der Waals surface area contributed by atoms with Crippen molar-refractivity contribution in [2.75, 3.05) is 33.2 Å². The molecule has 1 aliphatic rings. The Morgan fingerprint density at radius 1 is 1.56 bits per heavy atom. The molecular formula is C12H19BrN2S. The fraction of sp³-hybridized carbons (Fsp3) is 0.667. The summed E-state index contributed by atoms with van der Waals surface area (Å²) in [6.07, 6.45) is 2.52. The number of rotatable bonds is 5. The van der Waals surface area contributed by atoms with Crippen molar-refractivity contribution in [3.63, 3.8) is 0 Å². The summed E-state index contributed by atoms with van der Waals surface area (Å²) in [6, 6.07) is 4.36. The average molecular weight is 303 g/mol. The van der Waals surface area contributed by atoms with Gasteiger partial charge in [0.05, 0.1) is 3.79 Å². The van der Waals surface area contributed by atoms with E-state index in [2.05, 4.69) is 45.3 Å². The smallest absolute Gasteiger partial charge is 0.0701 e. The lowest BCUT2D eigenvalue weighted by atomic mass is 10.1. The molecule has 90 valence electrons. The highest BCUT2D eigenvalue weighted by atomic mass is 79.9. The monoisotopic (exact) mass is 302 g/mol. The van der Waals surface area contributed by atoms with Gasteiger partial charge in [0.1, 0.15) is 0 Å². The highest BCUT2D eigenvalue weighted by Gasteiger charge is 2.16. The van der Waals surface area contributed by atoms with E-state index < -0.39 is 0 Å². The number of likely N-dealkylation sites (N-methyl/N-ethyl adjacent to an activating group) is 1. The van der Waals surface area contributed by atoms with Crippen molar-refractivity contribution in [2.45, 2.75) is 12.8 Å². The molecule has 1 aromatic heterocycles. The second kappa shape index (κ2) is 6.15. The van der Waals surface area contributed by atoms with Gasteiger partial charge in [-0.15, -0.1) is 11.3 Å². The van der Waals surface area contributed by atoms with Crippen molar-refractivity contribution in [3.05, 3.63) is 20.8 Å². The molecule has 0 saturated carbocycles. The van der Waals surface area contributed by atoms with Crippen LogP contribution in [0.3, 0.4) is 0 Å². The van der Waals surface area contributed by atoms with E-state index in [4.69, 9.17) is 0 Å². The Morgan fingerprint density at radius 2 is 2.44 bits per heavy atom. The van der Waals surface area contributed by atoms with Crippen molar-refractivity contribution in [3.8, 4) is 0 Å². The van der Waals surface area contributed by atoms with Crippen LogP contribution in [-0.2, 0) is 6.42 Å². The van der Waals surface area contributed by atoms with Gasteiger partial charge in [-0.25, -0.2) is 0 Å². The van der Waals surface area contributed by atoms with E-state index in [1.807, 2.05) is 11.3 Å². The summed E-state index contributed by atoms with van der Waals surface area (Å²) in [5.41, 5.74) is 0. The van der Waals surface area contributed by atoms with Crippen LogP contribution in [0, 0.1) is 5.92 Å². The molecule has 1 aliphatic heterocycles. The molecule has 2 heterocycles. The summed E-state index contributed by atoms with van der Waals surface area (Å²) in [4.78, 5) is 3.94. The molecule has 2 rings (SSSR count). The van der Waals surface area contributed by atoms with Crippen LogP contribution in [0.4, 0.5) is 0 Å². The van der Waals surface area contributed by atoms with Crippen molar-refractivity contribution in [1.82, 2.24) is 10.2 Å². The largest absolute Gasteiger partial charge is 0.316 e. The SMILES string of the molecule is CN(CCc1ccc(Br)s1)CC1CCNC1. The molecule has 0 aliphatic carbocycles. The summed E-state index contributed by atoms with van der Waals surface area (Å²) in [6.45, 7) is 4.81. The van der Waals surface area contributed by atoms with Gasteiger partial charge in [0.15, 0.2) is 0 Å². The van der Waals surface area contributed by atoms with Crippen LogP contribution in [0.5, 0.6) is 0 Å². The molecule has 1 aromatic rings. The van der Waals surface area contributed by atoms with E-state index in [-0.39, 0.29) is 0 Å². The first-order chi connectivity index (χ1) is 7.74. The minimum absolute atomic E-state index is 0.861. The van der Waals surface area contributed by atoms with Gasteiger partial charge in [0, 0.05) is 18.0 Å². The molecule has 1 saturated heterocycles. The minimum atomic E-state index is 0.861. The van der Waals surface area contributed by atoms with Gasteiger partial charge >= 0.3 is 0 Å². The maximum absolute atomic E-state index is 3.51. The van der Waals surface area contributed by atoms with Crippen molar-refractivity contribution in [2.24, 2.45) is 5.92 Å². The number of halogens is 1. The fourth-order valence-corrected chi connectivity index (χ4v) is 3.66. The molecule has 1 atom stereocenters. The molecule has 1 unspecified atom stereocenters. The predicted molar refractivity (Wildman–Crippen MR) is 74.2 cm³/mol. The highest BCUT2D eigenvalue weighted by Crippen LogP contribution is 2.22. The summed E-state index contributed by atoms with van der Waals surface area (Å²) in [5.74, 6) is 0.861. The molecule has 0 radical (unpaired) electrons. The van der Waals surface area contributed by atoms with Crippen LogP contribution < -0.4 is 5.32 Å². The number of hydrogen-bond acceptors (Lipinski definition) is 3. The van der Waals surface area contributed by atoms with E-state index in [0.717, 1.165) is 5.92 Å². The van der Waals surface area contributed by atoms with Crippen LogP contribution in [0.1, 0.15) is 11.3 Å². The first kappa shape index (κ1) is 12.6. The van der Waals surface area contributed by atoms with E-state index in [9.17, 15) is 0 Å². The molecule has 0 aromatic carbocycles. The molecule has 2 nitrogen and oxygen atoms in total. The Bertz CT molecular complexity index is 321. The summed E-state index contributed by atoms with van der Waals surface area (Å²) < 4.78 is 1.24. The summed E-state index contributed by atoms with van der Waals surface area (Å²) in [7, 11) is 2.24. The summed E-state index contributed by atoms with van der Waals surface area (Å²) in [5, 5.41) is 3.42. The molecular weight excluding hydrogens is 284 g/mol. The fourth-order valence-electron chi connectivity index (χ4n) is 2.19. The Hall–Kier alpha value is 0.1000. The predicted octanol–water partition coefficient (Wildman–Crippen LogP) is 2.59. The Morgan fingerprint density at radius 3 is 3.06 bits per heavy atom. The second-order valence-electron chi connectivity index (χ2n) is 4.58. The van der Waals surface area contributed by atoms with Crippen LogP contribution >= 0.6 is 27.3 Å². The van der Waals surface area contributed by atoms with E-state index in [1.165, 1.54) is 47.7 Å². The van der Waals surface area contributed by atoms with Gasteiger partial charge in [-0.1, -0.05) is 0 Å². The quantitative estimate of drug-likeness (QED) is 0.899. The zero-order chi connectivity index (χ0) is 11.4. The Kier molecular flexibility index (Phi) is 4.82. The Balaban J connectivity index is 1.68. The van der Waals surface area contributed by atoms with Gasteiger partial charge in [-0.05, 0) is 67.0 Å². The van der Waals surface area contributed by atoms with E-state index >= 15 is 0 Å². The third-order valence-electron chi connectivity index (χ3n) is 3.10. The minimum Gasteiger partial charge on any atom is -0.316 e. The molecule has 0 amide bonds. The van der Waals surface area contributed by atoms with Crippen LogP contribution in [0.15, 0.2) is 15.9 Å².